The molecule has 0 aliphatic rings. The quantitative estimate of drug-likeness (QED) is 0.508. The lowest BCUT2D eigenvalue weighted by Crippen LogP contribution is -2.19. The second kappa shape index (κ2) is 8.18. The third kappa shape index (κ3) is 4.63. The zero-order chi connectivity index (χ0) is 19.4. The summed E-state index contributed by atoms with van der Waals surface area (Å²) >= 11 is 5.84. The Hall–Kier alpha value is -2.92. The fraction of sp³-hybridized carbons (Fsp3) is 0.143. The van der Waals surface area contributed by atoms with Gasteiger partial charge in [-0.15, -0.1) is 0 Å². The molecule has 0 unspecified atom stereocenters. The molecule has 0 atom stereocenters. The summed E-state index contributed by atoms with van der Waals surface area (Å²) in [5.41, 5.74) is 7.10. The maximum Gasteiger partial charge on any atom is 0.244 e. The van der Waals surface area contributed by atoms with Crippen molar-refractivity contribution in [2.45, 2.75) is 20.3 Å². The molecule has 0 aliphatic carbocycles. The van der Waals surface area contributed by atoms with Gasteiger partial charge in [0.15, 0.2) is 0 Å². The summed E-state index contributed by atoms with van der Waals surface area (Å²) in [6.45, 7) is 3.92. The van der Waals surface area contributed by atoms with Crippen LogP contribution in [0.5, 0.6) is 0 Å². The highest BCUT2D eigenvalue weighted by atomic mass is 35.5. The minimum absolute atomic E-state index is 0.207. The van der Waals surface area contributed by atoms with Crippen LogP contribution in [0.1, 0.15) is 22.5 Å². The number of hydrogen-bond acceptors (Lipinski definition) is 2. The number of halogens is 2. The number of nitrogens with zero attached hydrogens (tertiary/aromatic N) is 2. The zero-order valence-corrected chi connectivity index (χ0v) is 15.8. The number of carbonyl (C=O) groups excluding carboxylic acids is 1. The number of hydrogen-bond donors (Lipinski definition) is 1. The molecule has 3 aromatic rings. The summed E-state index contributed by atoms with van der Waals surface area (Å²) in [6, 6.07) is 15.4. The van der Waals surface area contributed by atoms with Gasteiger partial charge in [-0.3, -0.25) is 4.79 Å². The van der Waals surface area contributed by atoms with E-state index in [0.29, 0.717) is 5.02 Å². The molecule has 4 nitrogen and oxygen atoms in total. The van der Waals surface area contributed by atoms with Crippen molar-refractivity contribution < 1.29 is 9.18 Å². The van der Waals surface area contributed by atoms with E-state index in [0.717, 1.165) is 28.2 Å². The summed E-state index contributed by atoms with van der Waals surface area (Å²) in [5.74, 6) is -0.479. The highest BCUT2D eigenvalue weighted by Gasteiger charge is 2.09. The topological polar surface area (TPSA) is 46.4 Å². The SMILES string of the molecule is Cc1cc(/C=N\NC(=O)Cc2ccc(Cl)cc2)c(C)n1-c1ccc(F)cc1. The Balaban J connectivity index is 1.68. The van der Waals surface area contributed by atoms with Crippen molar-refractivity contribution in [1.82, 2.24) is 9.99 Å². The van der Waals surface area contributed by atoms with Crippen molar-refractivity contribution in [2.75, 3.05) is 0 Å². The van der Waals surface area contributed by atoms with Gasteiger partial charge in [0, 0.05) is 27.7 Å². The molecule has 138 valence electrons. The Bertz CT molecular complexity index is 976. The lowest BCUT2D eigenvalue weighted by atomic mass is 10.1. The predicted octanol–water partition coefficient (Wildman–Crippen LogP) is 4.58. The zero-order valence-electron chi connectivity index (χ0n) is 15.0. The Morgan fingerprint density at radius 1 is 1.15 bits per heavy atom. The molecule has 3 rings (SSSR count). The summed E-state index contributed by atoms with van der Waals surface area (Å²) in [6.07, 6.45) is 1.84. The average molecular weight is 384 g/mol. The second-order valence-corrected chi connectivity index (χ2v) is 6.67. The van der Waals surface area contributed by atoms with Crippen molar-refractivity contribution in [1.29, 1.82) is 0 Å². The van der Waals surface area contributed by atoms with E-state index in [1.54, 1.807) is 30.5 Å². The van der Waals surface area contributed by atoms with E-state index in [1.807, 2.05) is 36.6 Å². The second-order valence-electron chi connectivity index (χ2n) is 6.23. The van der Waals surface area contributed by atoms with Gasteiger partial charge in [-0.2, -0.15) is 5.10 Å². The largest absolute Gasteiger partial charge is 0.318 e. The van der Waals surface area contributed by atoms with Gasteiger partial charge in [0.2, 0.25) is 5.91 Å². The van der Waals surface area contributed by atoms with Crippen molar-refractivity contribution in [3.63, 3.8) is 0 Å². The molecule has 6 heteroatoms. The first kappa shape index (κ1) is 18.9. The molecule has 0 saturated heterocycles. The molecule has 0 bridgehead atoms. The number of rotatable bonds is 5. The third-order valence-corrected chi connectivity index (χ3v) is 4.48. The maximum absolute atomic E-state index is 13.1. The molecule has 1 heterocycles. The Morgan fingerprint density at radius 2 is 1.81 bits per heavy atom. The minimum Gasteiger partial charge on any atom is -0.318 e. The maximum atomic E-state index is 13.1. The van der Waals surface area contributed by atoms with E-state index < -0.39 is 0 Å². The minimum atomic E-state index is -0.272. The standard InChI is InChI=1S/C21H19ClFN3O/c1-14-11-17(15(2)26(14)20-9-7-19(23)8-10-20)13-24-25-21(27)12-16-3-5-18(22)6-4-16/h3-11,13H,12H2,1-2H3,(H,25,27)/b24-13-. The van der Waals surface area contributed by atoms with E-state index in [1.165, 1.54) is 12.1 Å². The number of carbonyl (C=O) groups is 1. The Kier molecular flexibility index (Phi) is 5.72. The fourth-order valence-electron chi connectivity index (χ4n) is 2.91. The molecule has 0 aliphatic heterocycles. The summed E-state index contributed by atoms with van der Waals surface area (Å²) in [4.78, 5) is 12.0. The van der Waals surface area contributed by atoms with Crippen LogP contribution in [0.15, 0.2) is 59.7 Å². The normalized spacial score (nSPS) is 11.1. The molecular formula is C21H19ClFN3O. The van der Waals surface area contributed by atoms with Gasteiger partial charge in [-0.25, -0.2) is 9.82 Å². The smallest absolute Gasteiger partial charge is 0.244 e. The van der Waals surface area contributed by atoms with E-state index >= 15 is 0 Å². The van der Waals surface area contributed by atoms with Crippen molar-refractivity contribution in [2.24, 2.45) is 5.10 Å². The van der Waals surface area contributed by atoms with Gasteiger partial charge in [0.05, 0.1) is 12.6 Å². The number of aromatic nitrogens is 1. The lowest BCUT2D eigenvalue weighted by molar-refractivity contribution is -0.120. The molecule has 1 N–H and O–H groups in total. The van der Waals surface area contributed by atoms with Gasteiger partial charge in [0.1, 0.15) is 5.82 Å². The number of nitrogens with one attached hydrogen (secondary N) is 1. The highest BCUT2D eigenvalue weighted by molar-refractivity contribution is 6.30. The van der Waals surface area contributed by atoms with Crippen molar-refractivity contribution in [3.05, 3.63) is 88.0 Å². The molecule has 0 fully saturated rings. The molecule has 27 heavy (non-hydrogen) atoms. The number of amides is 1. The van der Waals surface area contributed by atoms with E-state index in [9.17, 15) is 9.18 Å². The molecule has 2 aromatic carbocycles. The number of hydrazone groups is 1. The Morgan fingerprint density at radius 3 is 2.48 bits per heavy atom. The predicted molar refractivity (Wildman–Crippen MR) is 106 cm³/mol. The van der Waals surface area contributed by atoms with Crippen LogP contribution >= 0.6 is 11.6 Å². The fourth-order valence-corrected chi connectivity index (χ4v) is 3.03. The number of aryl methyl sites for hydroxylation is 1. The third-order valence-electron chi connectivity index (χ3n) is 4.23. The summed E-state index contributed by atoms with van der Waals surface area (Å²) in [5, 5.41) is 4.69. The summed E-state index contributed by atoms with van der Waals surface area (Å²) in [7, 11) is 0. The van der Waals surface area contributed by atoms with Crippen molar-refractivity contribution >= 4 is 23.7 Å². The first-order valence-corrected chi connectivity index (χ1v) is 8.83. The van der Waals surface area contributed by atoms with Gasteiger partial charge in [-0.05, 0) is 61.9 Å². The van der Waals surface area contributed by atoms with Crippen LogP contribution in [-0.4, -0.2) is 16.7 Å². The van der Waals surface area contributed by atoms with Crippen LogP contribution in [0.3, 0.4) is 0 Å². The molecular weight excluding hydrogens is 365 g/mol. The van der Waals surface area contributed by atoms with Crippen LogP contribution < -0.4 is 5.43 Å². The van der Waals surface area contributed by atoms with Gasteiger partial charge >= 0.3 is 0 Å². The van der Waals surface area contributed by atoms with E-state index in [-0.39, 0.29) is 18.1 Å². The van der Waals surface area contributed by atoms with Gasteiger partial charge in [0.25, 0.3) is 0 Å². The molecule has 0 saturated carbocycles. The molecule has 1 aromatic heterocycles. The summed E-state index contributed by atoms with van der Waals surface area (Å²) < 4.78 is 15.2. The molecule has 0 spiro atoms. The monoisotopic (exact) mass is 383 g/mol. The molecule has 1 amide bonds. The Labute approximate surface area is 162 Å². The first-order valence-electron chi connectivity index (χ1n) is 8.45. The van der Waals surface area contributed by atoms with Crippen LogP contribution in [-0.2, 0) is 11.2 Å². The van der Waals surface area contributed by atoms with Crippen LogP contribution in [0.4, 0.5) is 4.39 Å². The first-order chi connectivity index (χ1) is 12.9. The van der Waals surface area contributed by atoms with Crippen LogP contribution in [0.25, 0.3) is 5.69 Å². The van der Waals surface area contributed by atoms with Gasteiger partial charge < -0.3 is 4.57 Å². The number of benzene rings is 2. The van der Waals surface area contributed by atoms with Gasteiger partial charge in [-0.1, -0.05) is 23.7 Å². The van der Waals surface area contributed by atoms with Crippen molar-refractivity contribution in [3.8, 4) is 5.69 Å². The van der Waals surface area contributed by atoms with E-state index in [4.69, 9.17) is 11.6 Å². The lowest BCUT2D eigenvalue weighted by Gasteiger charge is -2.09. The van der Waals surface area contributed by atoms with E-state index in [2.05, 4.69) is 10.5 Å². The highest BCUT2D eigenvalue weighted by Crippen LogP contribution is 2.20. The average Bonchev–Trinajstić information content (AvgIpc) is 2.92. The van der Waals surface area contributed by atoms with Crippen LogP contribution in [0, 0.1) is 19.7 Å². The molecule has 0 radical (unpaired) electrons. The van der Waals surface area contributed by atoms with Crippen LogP contribution in [0.2, 0.25) is 5.02 Å².